The van der Waals surface area contributed by atoms with Crippen LogP contribution in [-0.2, 0) is 17.5 Å². The van der Waals surface area contributed by atoms with Gasteiger partial charge < -0.3 is 5.32 Å². The highest BCUT2D eigenvalue weighted by atomic mass is 35.5. The number of nitrogens with one attached hydrogen (secondary N) is 2. The number of hydrogen-bond donors (Lipinski definition) is 2. The van der Waals surface area contributed by atoms with E-state index in [-0.39, 0.29) is 10.7 Å². The summed E-state index contributed by atoms with van der Waals surface area (Å²) in [5.41, 5.74) is -0.269. The normalized spacial score (nSPS) is 12.6. The van der Waals surface area contributed by atoms with Crippen molar-refractivity contribution in [2.45, 2.75) is 18.8 Å². The fraction of sp³-hybridized carbons (Fsp3) is 0.150. The molecule has 1 aromatic heterocycles. The number of benzene rings is 2. The van der Waals surface area contributed by atoms with Crippen molar-refractivity contribution in [3.8, 4) is 0 Å². The zero-order valence-electron chi connectivity index (χ0n) is 14.5. The van der Waals surface area contributed by atoms with Crippen LogP contribution < -0.4 is 10.6 Å². The van der Waals surface area contributed by atoms with E-state index in [0.29, 0.717) is 12.1 Å². The third-order valence-electron chi connectivity index (χ3n) is 4.01. The van der Waals surface area contributed by atoms with Gasteiger partial charge in [0.1, 0.15) is 6.04 Å². The first kappa shape index (κ1) is 20.4. The molecule has 1 amide bonds. The van der Waals surface area contributed by atoms with Crippen LogP contribution in [0.3, 0.4) is 0 Å². The summed E-state index contributed by atoms with van der Waals surface area (Å²) >= 11 is 7.54. The number of hydrogen-bond acceptors (Lipinski definition) is 3. The van der Waals surface area contributed by atoms with Crippen LogP contribution in [-0.4, -0.2) is 5.91 Å². The predicted molar refractivity (Wildman–Crippen MR) is 105 cm³/mol. The number of rotatable bonds is 6. The van der Waals surface area contributed by atoms with E-state index < -0.39 is 23.7 Å². The molecule has 1 unspecified atom stereocenters. The molecule has 3 nitrogen and oxygen atoms in total. The van der Waals surface area contributed by atoms with E-state index >= 15 is 0 Å². The summed E-state index contributed by atoms with van der Waals surface area (Å²) in [6.45, 7) is 0.445. The van der Waals surface area contributed by atoms with Crippen LogP contribution in [0.15, 0.2) is 66.0 Å². The lowest BCUT2D eigenvalue weighted by Gasteiger charge is -2.19. The quantitative estimate of drug-likeness (QED) is 0.518. The van der Waals surface area contributed by atoms with Gasteiger partial charge in [-0.3, -0.25) is 10.1 Å². The monoisotopic (exact) mass is 424 g/mol. The third kappa shape index (κ3) is 5.13. The van der Waals surface area contributed by atoms with Gasteiger partial charge in [0.05, 0.1) is 16.3 Å². The van der Waals surface area contributed by atoms with Gasteiger partial charge in [0, 0.05) is 11.4 Å². The highest BCUT2D eigenvalue weighted by molar-refractivity contribution is 7.09. The van der Waals surface area contributed by atoms with Gasteiger partial charge >= 0.3 is 6.18 Å². The zero-order chi connectivity index (χ0) is 20.1. The van der Waals surface area contributed by atoms with Crippen LogP contribution >= 0.6 is 22.9 Å². The van der Waals surface area contributed by atoms with Gasteiger partial charge in [0.25, 0.3) is 0 Å². The lowest BCUT2D eigenvalue weighted by Crippen LogP contribution is -2.32. The van der Waals surface area contributed by atoms with Crippen molar-refractivity contribution in [3.05, 3.63) is 87.1 Å². The number of anilines is 1. The highest BCUT2D eigenvalue weighted by Crippen LogP contribution is 2.34. The molecule has 1 heterocycles. The largest absolute Gasteiger partial charge is 0.416 e. The molecule has 2 N–H and O–H groups in total. The van der Waals surface area contributed by atoms with Crippen molar-refractivity contribution in [1.82, 2.24) is 5.32 Å². The Labute approximate surface area is 169 Å². The first-order valence-electron chi connectivity index (χ1n) is 8.33. The molecule has 0 radical (unpaired) electrons. The maximum Gasteiger partial charge on any atom is 0.416 e. The lowest BCUT2D eigenvalue weighted by molar-refractivity contribution is -0.137. The van der Waals surface area contributed by atoms with E-state index in [0.717, 1.165) is 23.1 Å². The number of halogens is 4. The first-order chi connectivity index (χ1) is 13.3. The van der Waals surface area contributed by atoms with Crippen molar-refractivity contribution in [3.63, 3.8) is 0 Å². The van der Waals surface area contributed by atoms with Crippen LogP contribution in [0.1, 0.15) is 22.0 Å². The Bertz CT molecular complexity index is 930. The van der Waals surface area contributed by atoms with E-state index in [1.807, 2.05) is 23.6 Å². The summed E-state index contributed by atoms with van der Waals surface area (Å²) in [6.07, 6.45) is -4.53. The molecule has 28 heavy (non-hydrogen) atoms. The molecule has 0 saturated heterocycles. The first-order valence-corrected chi connectivity index (χ1v) is 9.58. The fourth-order valence-electron chi connectivity index (χ4n) is 2.63. The van der Waals surface area contributed by atoms with Crippen LogP contribution in [0.2, 0.25) is 5.02 Å². The molecule has 8 heteroatoms. The van der Waals surface area contributed by atoms with Crippen molar-refractivity contribution in [1.29, 1.82) is 0 Å². The van der Waals surface area contributed by atoms with Gasteiger partial charge in [-0.2, -0.15) is 13.2 Å². The van der Waals surface area contributed by atoms with E-state index in [4.69, 9.17) is 11.6 Å². The second-order valence-electron chi connectivity index (χ2n) is 5.99. The molecule has 3 rings (SSSR count). The SMILES string of the molecule is O=C(Nc1cc(C(F)(F)F)ccc1Cl)C(NCc1cccs1)c1ccccc1. The van der Waals surface area contributed by atoms with E-state index in [2.05, 4.69) is 10.6 Å². The minimum atomic E-state index is -4.53. The van der Waals surface area contributed by atoms with E-state index in [1.54, 1.807) is 35.6 Å². The van der Waals surface area contributed by atoms with E-state index in [1.165, 1.54) is 0 Å². The summed E-state index contributed by atoms with van der Waals surface area (Å²) in [7, 11) is 0. The Morgan fingerprint density at radius 1 is 1.07 bits per heavy atom. The molecule has 0 aliphatic heterocycles. The van der Waals surface area contributed by atoms with Gasteiger partial charge in [-0.05, 0) is 35.2 Å². The zero-order valence-corrected chi connectivity index (χ0v) is 16.0. The average molecular weight is 425 g/mol. The lowest BCUT2D eigenvalue weighted by atomic mass is 10.1. The Balaban J connectivity index is 1.83. The maximum atomic E-state index is 13.0. The van der Waals surface area contributed by atoms with Crippen molar-refractivity contribution in [2.24, 2.45) is 0 Å². The van der Waals surface area contributed by atoms with Crippen molar-refractivity contribution >= 4 is 34.5 Å². The predicted octanol–water partition coefficient (Wildman–Crippen LogP) is 5.89. The minimum absolute atomic E-state index is 0.0337. The van der Waals surface area contributed by atoms with E-state index in [9.17, 15) is 18.0 Å². The number of carbonyl (C=O) groups excluding carboxylic acids is 1. The summed E-state index contributed by atoms with van der Waals surface area (Å²) in [4.78, 5) is 13.9. The molecule has 2 aromatic carbocycles. The fourth-order valence-corrected chi connectivity index (χ4v) is 3.45. The van der Waals surface area contributed by atoms with Gasteiger partial charge in [-0.25, -0.2) is 0 Å². The average Bonchev–Trinajstić information content (AvgIpc) is 3.17. The summed E-state index contributed by atoms with van der Waals surface area (Å²) in [5, 5.41) is 7.64. The minimum Gasteiger partial charge on any atom is -0.323 e. The molecule has 0 aliphatic carbocycles. The van der Waals surface area contributed by atoms with Gasteiger partial charge in [-0.1, -0.05) is 48.0 Å². The molecular formula is C20H16ClF3N2OS. The molecular weight excluding hydrogens is 409 g/mol. The van der Waals surface area contributed by atoms with Gasteiger partial charge in [0.2, 0.25) is 5.91 Å². The van der Waals surface area contributed by atoms with Crippen molar-refractivity contribution in [2.75, 3.05) is 5.32 Å². The second-order valence-corrected chi connectivity index (χ2v) is 7.43. The smallest absolute Gasteiger partial charge is 0.323 e. The third-order valence-corrected chi connectivity index (χ3v) is 5.21. The molecule has 0 fully saturated rings. The topological polar surface area (TPSA) is 41.1 Å². The second kappa shape index (κ2) is 8.77. The molecule has 146 valence electrons. The Morgan fingerprint density at radius 3 is 2.46 bits per heavy atom. The van der Waals surface area contributed by atoms with Crippen LogP contribution in [0.5, 0.6) is 0 Å². The van der Waals surface area contributed by atoms with Crippen LogP contribution in [0, 0.1) is 0 Å². The van der Waals surface area contributed by atoms with Crippen molar-refractivity contribution < 1.29 is 18.0 Å². The number of amides is 1. The molecule has 0 bridgehead atoms. The van der Waals surface area contributed by atoms with Gasteiger partial charge in [0.15, 0.2) is 0 Å². The molecule has 0 spiro atoms. The Hall–Kier alpha value is -2.35. The van der Waals surface area contributed by atoms with Crippen LogP contribution in [0.4, 0.5) is 18.9 Å². The summed E-state index contributed by atoms with van der Waals surface area (Å²) in [6, 6.07) is 14.9. The summed E-state index contributed by atoms with van der Waals surface area (Å²) < 4.78 is 38.9. The number of thiophene rings is 1. The van der Waals surface area contributed by atoms with Gasteiger partial charge in [-0.15, -0.1) is 11.3 Å². The highest BCUT2D eigenvalue weighted by Gasteiger charge is 2.31. The van der Waals surface area contributed by atoms with Crippen LogP contribution in [0.25, 0.3) is 0 Å². The number of carbonyl (C=O) groups is 1. The Kier molecular flexibility index (Phi) is 6.39. The molecule has 3 aromatic rings. The number of alkyl halides is 3. The Morgan fingerprint density at radius 2 is 1.82 bits per heavy atom. The maximum absolute atomic E-state index is 13.0. The molecule has 1 atom stereocenters. The summed E-state index contributed by atoms with van der Waals surface area (Å²) in [5.74, 6) is -0.496. The standard InChI is InChI=1S/C20H16ClF3N2OS/c21-16-9-8-14(20(22,23)24)11-17(16)26-19(27)18(13-5-2-1-3-6-13)25-12-15-7-4-10-28-15/h1-11,18,25H,12H2,(H,26,27). The molecule has 0 saturated carbocycles. The molecule has 0 aliphatic rings.